The molecule has 1 aromatic heterocycles. The average Bonchev–Trinajstić information content (AvgIpc) is 2.40. The Bertz CT molecular complexity index is 712. The van der Waals surface area contributed by atoms with Gasteiger partial charge in [0.05, 0.1) is 5.69 Å². The maximum absolute atomic E-state index is 13.1. The molecule has 0 saturated heterocycles. The molecule has 2 N–H and O–H groups in total. The first-order chi connectivity index (χ1) is 10.2. The summed E-state index contributed by atoms with van der Waals surface area (Å²) in [6.45, 7) is 8.13. The number of aromatic nitrogens is 2. The minimum Gasteiger partial charge on any atom is -0.322 e. The van der Waals surface area contributed by atoms with Gasteiger partial charge in [-0.3, -0.25) is 4.79 Å². The maximum atomic E-state index is 13.1. The van der Waals surface area contributed by atoms with Crippen molar-refractivity contribution < 1.29 is 4.39 Å². The molecule has 0 bridgehead atoms. The van der Waals surface area contributed by atoms with Gasteiger partial charge in [0, 0.05) is 23.2 Å². The fraction of sp³-hybridized carbons (Fsp3) is 0.412. The zero-order valence-corrected chi connectivity index (χ0v) is 13.4. The van der Waals surface area contributed by atoms with E-state index in [2.05, 4.69) is 5.10 Å². The third-order valence-electron chi connectivity index (χ3n) is 3.35. The molecule has 1 heterocycles. The Morgan fingerprint density at radius 1 is 1.27 bits per heavy atom. The Hall–Kier alpha value is -2.01. The van der Waals surface area contributed by atoms with Gasteiger partial charge in [0.2, 0.25) is 0 Å². The molecule has 0 amide bonds. The van der Waals surface area contributed by atoms with Crippen molar-refractivity contribution in [2.24, 2.45) is 11.7 Å². The SMILES string of the molecule is CC(C)Cn1nc(-c2ccc(F)cc2)cc(C(C)(C)N)c1=O. The smallest absolute Gasteiger partial charge is 0.271 e. The molecule has 0 atom stereocenters. The molecule has 0 fully saturated rings. The number of nitrogens with two attached hydrogens (primary N) is 1. The highest BCUT2D eigenvalue weighted by Crippen LogP contribution is 2.21. The molecule has 22 heavy (non-hydrogen) atoms. The van der Waals surface area contributed by atoms with E-state index in [9.17, 15) is 9.18 Å². The number of benzene rings is 1. The van der Waals surface area contributed by atoms with Gasteiger partial charge in [-0.2, -0.15) is 5.10 Å². The molecule has 0 saturated carbocycles. The van der Waals surface area contributed by atoms with Crippen LogP contribution in [0.4, 0.5) is 4.39 Å². The summed E-state index contributed by atoms with van der Waals surface area (Å²) >= 11 is 0. The fourth-order valence-corrected chi connectivity index (χ4v) is 2.23. The van der Waals surface area contributed by atoms with Gasteiger partial charge in [-0.15, -0.1) is 0 Å². The molecule has 0 aliphatic heterocycles. The lowest BCUT2D eigenvalue weighted by molar-refractivity contribution is 0.448. The Morgan fingerprint density at radius 2 is 1.86 bits per heavy atom. The van der Waals surface area contributed by atoms with Crippen molar-refractivity contribution in [3.8, 4) is 11.3 Å². The van der Waals surface area contributed by atoms with Crippen LogP contribution in [0, 0.1) is 11.7 Å². The van der Waals surface area contributed by atoms with Gasteiger partial charge in [0.15, 0.2) is 0 Å². The molecular formula is C17H22FN3O. The normalized spacial score (nSPS) is 12.0. The van der Waals surface area contributed by atoms with Crippen LogP contribution in [-0.2, 0) is 12.1 Å². The summed E-state index contributed by atoms with van der Waals surface area (Å²) in [4.78, 5) is 12.5. The van der Waals surface area contributed by atoms with Crippen LogP contribution in [-0.4, -0.2) is 9.78 Å². The summed E-state index contributed by atoms with van der Waals surface area (Å²) < 4.78 is 14.5. The van der Waals surface area contributed by atoms with Crippen LogP contribution in [0.25, 0.3) is 11.3 Å². The highest BCUT2D eigenvalue weighted by atomic mass is 19.1. The van der Waals surface area contributed by atoms with E-state index < -0.39 is 5.54 Å². The zero-order chi connectivity index (χ0) is 16.5. The van der Waals surface area contributed by atoms with Crippen LogP contribution in [0.1, 0.15) is 33.3 Å². The van der Waals surface area contributed by atoms with Gasteiger partial charge in [0.25, 0.3) is 5.56 Å². The molecule has 5 heteroatoms. The Morgan fingerprint density at radius 3 is 2.36 bits per heavy atom. The van der Waals surface area contributed by atoms with Gasteiger partial charge in [-0.05, 0) is 50.1 Å². The second kappa shape index (κ2) is 6.01. The first-order valence-corrected chi connectivity index (χ1v) is 7.36. The second-order valence-corrected chi connectivity index (χ2v) is 6.55. The summed E-state index contributed by atoms with van der Waals surface area (Å²) in [7, 11) is 0. The topological polar surface area (TPSA) is 60.9 Å². The molecule has 0 aliphatic rings. The average molecular weight is 303 g/mol. The molecule has 2 rings (SSSR count). The summed E-state index contributed by atoms with van der Waals surface area (Å²) in [5.74, 6) is -0.0268. The lowest BCUT2D eigenvalue weighted by Gasteiger charge is -2.21. The van der Waals surface area contributed by atoms with E-state index in [4.69, 9.17) is 5.73 Å². The van der Waals surface area contributed by atoms with Gasteiger partial charge in [-0.25, -0.2) is 9.07 Å². The first-order valence-electron chi connectivity index (χ1n) is 7.36. The van der Waals surface area contributed by atoms with Crippen molar-refractivity contribution >= 4 is 0 Å². The quantitative estimate of drug-likeness (QED) is 0.944. The van der Waals surface area contributed by atoms with E-state index >= 15 is 0 Å². The monoisotopic (exact) mass is 303 g/mol. The Kier molecular flexibility index (Phi) is 4.47. The van der Waals surface area contributed by atoms with Crippen molar-refractivity contribution in [2.75, 3.05) is 0 Å². The third kappa shape index (κ3) is 3.60. The van der Waals surface area contributed by atoms with Crippen LogP contribution in [0.2, 0.25) is 0 Å². The van der Waals surface area contributed by atoms with E-state index in [0.717, 1.165) is 5.56 Å². The van der Waals surface area contributed by atoms with Crippen molar-refractivity contribution in [1.82, 2.24) is 9.78 Å². The lowest BCUT2D eigenvalue weighted by Crippen LogP contribution is -2.39. The molecule has 0 unspecified atom stereocenters. The minimum absolute atomic E-state index is 0.174. The largest absolute Gasteiger partial charge is 0.322 e. The van der Waals surface area contributed by atoms with Crippen LogP contribution in [0.5, 0.6) is 0 Å². The Balaban J connectivity index is 2.64. The standard InChI is InChI=1S/C17H22FN3O/c1-11(2)10-21-16(22)14(17(3,4)19)9-15(20-21)12-5-7-13(18)8-6-12/h5-9,11H,10,19H2,1-4H3. The van der Waals surface area contributed by atoms with Crippen molar-refractivity contribution in [3.05, 3.63) is 52.1 Å². The van der Waals surface area contributed by atoms with Crippen LogP contribution < -0.4 is 11.3 Å². The first kappa shape index (κ1) is 16.4. The van der Waals surface area contributed by atoms with E-state index in [-0.39, 0.29) is 17.3 Å². The summed E-state index contributed by atoms with van der Waals surface area (Å²) in [5.41, 5.74) is 7.06. The van der Waals surface area contributed by atoms with Crippen LogP contribution in [0.3, 0.4) is 0 Å². The number of rotatable bonds is 4. The van der Waals surface area contributed by atoms with Gasteiger partial charge in [-0.1, -0.05) is 13.8 Å². The van der Waals surface area contributed by atoms with Crippen LogP contribution >= 0.6 is 0 Å². The molecule has 1 aromatic carbocycles. The zero-order valence-electron chi connectivity index (χ0n) is 13.4. The van der Waals surface area contributed by atoms with Gasteiger partial charge in [0.1, 0.15) is 5.82 Å². The van der Waals surface area contributed by atoms with Crippen molar-refractivity contribution in [2.45, 2.75) is 39.8 Å². The second-order valence-electron chi connectivity index (χ2n) is 6.55. The van der Waals surface area contributed by atoms with E-state index in [0.29, 0.717) is 17.8 Å². The molecular weight excluding hydrogens is 281 g/mol. The van der Waals surface area contributed by atoms with Gasteiger partial charge < -0.3 is 5.73 Å². The van der Waals surface area contributed by atoms with Gasteiger partial charge >= 0.3 is 0 Å². The lowest BCUT2D eigenvalue weighted by atomic mass is 9.95. The molecule has 118 valence electrons. The molecule has 2 aromatic rings. The molecule has 0 radical (unpaired) electrons. The number of hydrogen-bond donors (Lipinski definition) is 1. The van der Waals surface area contributed by atoms with E-state index in [1.54, 1.807) is 32.0 Å². The fourth-order valence-electron chi connectivity index (χ4n) is 2.23. The summed E-state index contributed by atoms with van der Waals surface area (Å²) in [6.07, 6.45) is 0. The minimum atomic E-state index is -0.770. The third-order valence-corrected chi connectivity index (χ3v) is 3.35. The predicted molar refractivity (Wildman–Crippen MR) is 85.9 cm³/mol. The molecule has 4 nitrogen and oxygen atoms in total. The predicted octanol–water partition coefficient (Wildman–Crippen LogP) is 2.90. The highest BCUT2D eigenvalue weighted by Gasteiger charge is 2.22. The van der Waals surface area contributed by atoms with Crippen LogP contribution in [0.15, 0.2) is 35.1 Å². The molecule has 0 spiro atoms. The van der Waals surface area contributed by atoms with Crippen molar-refractivity contribution in [3.63, 3.8) is 0 Å². The summed E-state index contributed by atoms with van der Waals surface area (Å²) in [6, 6.07) is 7.75. The number of halogens is 1. The highest BCUT2D eigenvalue weighted by molar-refractivity contribution is 5.59. The number of nitrogens with zero attached hydrogens (tertiary/aromatic N) is 2. The number of hydrogen-bond acceptors (Lipinski definition) is 3. The summed E-state index contributed by atoms with van der Waals surface area (Å²) in [5, 5.41) is 4.41. The van der Waals surface area contributed by atoms with Crippen molar-refractivity contribution in [1.29, 1.82) is 0 Å². The molecule has 0 aliphatic carbocycles. The van der Waals surface area contributed by atoms with E-state index in [1.165, 1.54) is 16.8 Å². The van der Waals surface area contributed by atoms with E-state index in [1.807, 2.05) is 13.8 Å². The Labute approximate surface area is 129 Å². The maximum Gasteiger partial charge on any atom is 0.271 e.